The average molecular weight is 429 g/mol. The van der Waals surface area contributed by atoms with E-state index >= 15 is 0 Å². The number of hydrogen-bond acceptors (Lipinski definition) is 4. The molecule has 0 aromatic heterocycles. The molecule has 2 aromatic rings. The first-order valence-corrected chi connectivity index (χ1v) is 10.5. The van der Waals surface area contributed by atoms with Crippen molar-refractivity contribution in [2.24, 2.45) is 10.9 Å². The summed E-state index contributed by atoms with van der Waals surface area (Å²) in [5, 5.41) is 0. The van der Waals surface area contributed by atoms with Crippen molar-refractivity contribution in [1.29, 1.82) is 0 Å². The highest BCUT2D eigenvalue weighted by atomic mass is 19.4. The molecule has 162 valence electrons. The molecule has 0 radical (unpaired) electrons. The summed E-state index contributed by atoms with van der Waals surface area (Å²) in [7, 11) is 0. The Morgan fingerprint density at radius 1 is 1.00 bits per heavy atom. The minimum atomic E-state index is -4.46. The number of amides is 1. The largest absolute Gasteiger partial charge is 0.454 e. The van der Waals surface area contributed by atoms with Crippen molar-refractivity contribution in [1.82, 2.24) is 9.80 Å². The minimum absolute atomic E-state index is 0.0811. The molecule has 2 heterocycles. The van der Waals surface area contributed by atoms with Crippen molar-refractivity contribution >= 4 is 17.4 Å². The average Bonchev–Trinajstić information content (AvgIpc) is 3.59. The fraction of sp³-hybridized carbons (Fsp3) is 0.391. The zero-order valence-electron chi connectivity index (χ0n) is 16.9. The summed E-state index contributed by atoms with van der Waals surface area (Å²) in [5.74, 6) is 1.63. The number of carbonyl (C=O) groups is 1. The van der Waals surface area contributed by atoms with Gasteiger partial charge in [-0.05, 0) is 49.6 Å². The summed E-state index contributed by atoms with van der Waals surface area (Å²) < 4.78 is 45.5. The van der Waals surface area contributed by atoms with Crippen LogP contribution in [-0.4, -0.2) is 47.7 Å². The molecular weight excluding hydrogens is 407 g/mol. The van der Waals surface area contributed by atoms with E-state index in [1.165, 1.54) is 6.07 Å². The quantitative estimate of drug-likeness (QED) is 0.652. The monoisotopic (exact) mass is 429 g/mol. The Balaban J connectivity index is 1.49. The Bertz CT molecular complexity index is 1050. The van der Waals surface area contributed by atoms with Gasteiger partial charge in [-0.2, -0.15) is 13.2 Å². The molecule has 2 fully saturated rings. The lowest BCUT2D eigenvalue weighted by atomic mass is 10.1. The Kier molecular flexibility index (Phi) is 4.87. The van der Waals surface area contributed by atoms with Crippen LogP contribution in [0, 0.1) is 5.92 Å². The van der Waals surface area contributed by atoms with Crippen LogP contribution in [0.3, 0.4) is 0 Å². The fourth-order valence-corrected chi connectivity index (χ4v) is 4.08. The number of ether oxygens (including phenoxy) is 1. The van der Waals surface area contributed by atoms with Gasteiger partial charge in [0.05, 0.1) is 11.1 Å². The third kappa shape index (κ3) is 3.98. The number of nitrogens with zero attached hydrogens (tertiary/aromatic N) is 3. The van der Waals surface area contributed by atoms with E-state index in [0.717, 1.165) is 37.0 Å². The van der Waals surface area contributed by atoms with Crippen LogP contribution in [0.15, 0.2) is 47.5 Å². The van der Waals surface area contributed by atoms with Gasteiger partial charge in [0, 0.05) is 32.1 Å². The summed E-state index contributed by atoms with van der Waals surface area (Å²) in [6.07, 6.45) is -1.69. The summed E-state index contributed by atoms with van der Waals surface area (Å²) in [5.41, 5.74) is 0.315. The lowest BCUT2D eigenvalue weighted by Gasteiger charge is -2.25. The summed E-state index contributed by atoms with van der Waals surface area (Å²) >= 11 is 0. The number of carbonyl (C=O) groups excluding carboxylic acids is 1. The van der Waals surface area contributed by atoms with Crippen molar-refractivity contribution in [3.63, 3.8) is 0 Å². The van der Waals surface area contributed by atoms with Gasteiger partial charge in [-0.25, -0.2) is 4.99 Å². The molecule has 2 aromatic carbocycles. The van der Waals surface area contributed by atoms with Gasteiger partial charge in [0.2, 0.25) is 5.91 Å². The number of fused-ring (bicyclic) bond motifs is 2. The van der Waals surface area contributed by atoms with Crippen molar-refractivity contribution in [3.8, 4) is 11.5 Å². The SMILES string of the molecule is O=C(C1CC1)N1CCCN(C2=Nc3ccc(C(F)(F)F)cc3Oc3ccccc32)CC1. The lowest BCUT2D eigenvalue weighted by Crippen LogP contribution is -2.38. The first kappa shape index (κ1) is 19.9. The molecule has 0 bridgehead atoms. The molecule has 0 N–H and O–H groups in total. The van der Waals surface area contributed by atoms with E-state index in [1.54, 1.807) is 12.1 Å². The molecule has 3 aliphatic rings. The van der Waals surface area contributed by atoms with Gasteiger partial charge in [0.1, 0.15) is 17.3 Å². The van der Waals surface area contributed by atoms with Crippen LogP contribution in [0.4, 0.5) is 18.9 Å². The van der Waals surface area contributed by atoms with Crippen LogP contribution in [0.5, 0.6) is 11.5 Å². The highest BCUT2D eigenvalue weighted by Crippen LogP contribution is 2.42. The lowest BCUT2D eigenvalue weighted by molar-refractivity contribution is -0.137. The Morgan fingerprint density at radius 2 is 1.81 bits per heavy atom. The molecule has 1 aliphatic carbocycles. The predicted octanol–water partition coefficient (Wildman–Crippen LogP) is 4.83. The number of rotatable bonds is 1. The third-order valence-corrected chi connectivity index (χ3v) is 5.90. The van der Waals surface area contributed by atoms with Gasteiger partial charge < -0.3 is 14.5 Å². The number of alkyl halides is 3. The van der Waals surface area contributed by atoms with Crippen LogP contribution in [0.1, 0.15) is 30.4 Å². The van der Waals surface area contributed by atoms with Crippen molar-refractivity contribution < 1.29 is 22.7 Å². The topological polar surface area (TPSA) is 45.1 Å². The van der Waals surface area contributed by atoms with Crippen molar-refractivity contribution in [2.75, 3.05) is 26.2 Å². The molecule has 1 saturated carbocycles. The number of halogens is 3. The maximum Gasteiger partial charge on any atom is 0.416 e. The highest BCUT2D eigenvalue weighted by Gasteiger charge is 2.35. The molecule has 0 unspecified atom stereocenters. The molecule has 2 aliphatic heterocycles. The van der Waals surface area contributed by atoms with Gasteiger partial charge >= 0.3 is 6.18 Å². The normalized spacial score (nSPS) is 18.9. The van der Waals surface area contributed by atoms with E-state index < -0.39 is 11.7 Å². The first-order chi connectivity index (χ1) is 14.9. The second-order valence-electron chi connectivity index (χ2n) is 8.15. The Labute approximate surface area is 178 Å². The van der Waals surface area contributed by atoms with Gasteiger partial charge in [0.15, 0.2) is 5.75 Å². The van der Waals surface area contributed by atoms with Gasteiger partial charge in [0.25, 0.3) is 0 Å². The summed E-state index contributed by atoms with van der Waals surface area (Å²) in [4.78, 5) is 21.3. The van der Waals surface area contributed by atoms with E-state index in [4.69, 9.17) is 9.73 Å². The first-order valence-electron chi connectivity index (χ1n) is 10.5. The van der Waals surface area contributed by atoms with E-state index in [9.17, 15) is 18.0 Å². The van der Waals surface area contributed by atoms with E-state index in [1.807, 2.05) is 17.0 Å². The van der Waals surface area contributed by atoms with Gasteiger partial charge in [-0.3, -0.25) is 4.79 Å². The molecule has 31 heavy (non-hydrogen) atoms. The fourth-order valence-electron chi connectivity index (χ4n) is 4.08. The number of benzene rings is 2. The number of para-hydroxylation sites is 1. The molecule has 1 amide bonds. The zero-order valence-corrected chi connectivity index (χ0v) is 16.9. The zero-order chi connectivity index (χ0) is 21.6. The summed E-state index contributed by atoms with van der Waals surface area (Å²) in [6.45, 7) is 2.64. The molecule has 0 atom stereocenters. The second kappa shape index (κ2) is 7.59. The van der Waals surface area contributed by atoms with Gasteiger partial charge in [-0.15, -0.1) is 0 Å². The second-order valence-corrected chi connectivity index (χ2v) is 8.15. The van der Waals surface area contributed by atoms with Crippen LogP contribution in [-0.2, 0) is 11.0 Å². The van der Waals surface area contributed by atoms with E-state index in [0.29, 0.717) is 43.5 Å². The predicted molar refractivity (Wildman–Crippen MR) is 110 cm³/mol. The summed E-state index contributed by atoms with van der Waals surface area (Å²) in [6, 6.07) is 10.6. The standard InChI is InChI=1S/C23H22F3N3O2/c24-23(25,26)16-8-9-18-20(14-16)31-19-5-2-1-4-17(19)21(27-18)28-10-3-11-29(13-12-28)22(30)15-6-7-15/h1-2,4-5,8-9,14-15H,3,6-7,10-13H2. The Morgan fingerprint density at radius 3 is 2.58 bits per heavy atom. The third-order valence-electron chi connectivity index (χ3n) is 5.90. The molecule has 0 spiro atoms. The van der Waals surface area contributed by atoms with E-state index in [-0.39, 0.29) is 17.6 Å². The van der Waals surface area contributed by atoms with Crippen LogP contribution in [0.2, 0.25) is 0 Å². The molecular formula is C23H22F3N3O2. The minimum Gasteiger partial charge on any atom is -0.454 e. The van der Waals surface area contributed by atoms with Crippen molar-refractivity contribution in [2.45, 2.75) is 25.4 Å². The maximum atomic E-state index is 13.2. The molecule has 5 rings (SSSR count). The number of amidine groups is 1. The van der Waals surface area contributed by atoms with Gasteiger partial charge in [-0.1, -0.05) is 12.1 Å². The Hall–Kier alpha value is -3.03. The van der Waals surface area contributed by atoms with Crippen LogP contribution in [0.25, 0.3) is 0 Å². The number of hydrogen-bond donors (Lipinski definition) is 0. The maximum absolute atomic E-state index is 13.2. The van der Waals surface area contributed by atoms with E-state index in [2.05, 4.69) is 4.90 Å². The molecule has 8 heteroatoms. The highest BCUT2D eigenvalue weighted by molar-refractivity contribution is 6.03. The van der Waals surface area contributed by atoms with Crippen molar-refractivity contribution in [3.05, 3.63) is 53.6 Å². The smallest absolute Gasteiger partial charge is 0.416 e. The number of aliphatic imine (C=N–C) groups is 1. The molecule has 5 nitrogen and oxygen atoms in total. The van der Waals surface area contributed by atoms with Crippen LogP contribution >= 0.6 is 0 Å². The molecule has 1 saturated heterocycles. The van der Waals surface area contributed by atoms with Crippen LogP contribution < -0.4 is 4.74 Å².